The Labute approximate surface area is 198 Å². The first-order valence-electron chi connectivity index (χ1n) is 10.5. The second-order valence-electron chi connectivity index (χ2n) is 7.81. The number of ether oxygens (including phenoxy) is 1. The van der Waals surface area contributed by atoms with E-state index in [-0.39, 0.29) is 18.2 Å². The number of amides is 1. The topological polar surface area (TPSA) is 71.8 Å². The average Bonchev–Trinajstić information content (AvgIpc) is 3.37. The van der Waals surface area contributed by atoms with Crippen molar-refractivity contribution in [1.82, 2.24) is 19.8 Å². The Kier molecular flexibility index (Phi) is 6.59. The van der Waals surface area contributed by atoms with Gasteiger partial charge in [-0.05, 0) is 48.4 Å². The van der Waals surface area contributed by atoms with Crippen LogP contribution in [0.5, 0.6) is 5.75 Å². The number of aromatic nitrogens is 2. The van der Waals surface area contributed by atoms with E-state index in [2.05, 4.69) is 15.3 Å². The van der Waals surface area contributed by atoms with Gasteiger partial charge in [-0.15, -0.1) is 0 Å². The number of alkyl halides is 3. The largest absolute Gasteiger partial charge is 0.495 e. The van der Waals surface area contributed by atoms with Gasteiger partial charge in [0.2, 0.25) is 5.96 Å². The molecule has 3 aromatic rings. The third kappa shape index (κ3) is 5.68. The summed E-state index contributed by atoms with van der Waals surface area (Å²) in [7, 11) is 1.50. The fourth-order valence-electron chi connectivity index (χ4n) is 3.51. The Morgan fingerprint density at radius 3 is 2.54 bits per heavy atom. The number of benzene rings is 2. The highest BCUT2D eigenvalue weighted by Crippen LogP contribution is 2.27. The molecule has 4 rings (SSSR count). The number of carbonyl (C=O) groups is 1. The molecule has 1 aliphatic heterocycles. The Balaban J connectivity index is 1.65. The van der Waals surface area contributed by atoms with Gasteiger partial charge in [0.25, 0.3) is 5.91 Å². The molecule has 1 amide bonds. The Morgan fingerprint density at radius 2 is 1.91 bits per heavy atom. The van der Waals surface area contributed by atoms with E-state index in [4.69, 9.17) is 4.74 Å². The summed E-state index contributed by atoms with van der Waals surface area (Å²) in [6.45, 7) is 0.319. The number of nitrogens with one attached hydrogen (secondary N) is 1. The highest BCUT2D eigenvalue weighted by atomic mass is 19.4. The van der Waals surface area contributed by atoms with Crippen molar-refractivity contribution in [1.29, 1.82) is 0 Å². The summed E-state index contributed by atoms with van der Waals surface area (Å²) in [6, 6.07) is 10.5. The lowest BCUT2D eigenvalue weighted by atomic mass is 10.1. The molecule has 0 spiro atoms. The first-order valence-corrected chi connectivity index (χ1v) is 10.5. The minimum atomic E-state index is -4.54. The number of aryl methyl sites for hydroxylation is 1. The number of imidazole rings is 1. The van der Waals surface area contributed by atoms with Crippen molar-refractivity contribution in [3.8, 4) is 11.4 Å². The molecule has 35 heavy (non-hydrogen) atoms. The number of hydrogen-bond acceptors (Lipinski definition) is 4. The molecule has 0 bridgehead atoms. The van der Waals surface area contributed by atoms with Crippen molar-refractivity contribution in [2.75, 3.05) is 13.7 Å². The SMILES string of the molecule is COc1cc(/C=C2\N/C(=N\CC(F)(F)F)N(Cc3ccc(F)cc3)C2=O)ccc1-n1cnc(C)c1. The number of rotatable bonds is 6. The van der Waals surface area contributed by atoms with Crippen LogP contribution in [0.15, 0.2) is 65.7 Å². The van der Waals surface area contributed by atoms with Crippen LogP contribution < -0.4 is 10.1 Å². The molecule has 1 aliphatic rings. The zero-order chi connectivity index (χ0) is 25.2. The van der Waals surface area contributed by atoms with Gasteiger partial charge in [0.05, 0.1) is 31.4 Å². The molecule has 0 radical (unpaired) electrons. The van der Waals surface area contributed by atoms with Gasteiger partial charge in [0, 0.05) is 6.20 Å². The number of guanidine groups is 1. The molecule has 2 heterocycles. The van der Waals surface area contributed by atoms with Gasteiger partial charge in [-0.3, -0.25) is 9.69 Å². The standard InChI is InChI=1S/C24H21F4N5O2/c1-15-11-32(14-30-15)20-8-5-17(10-21(20)35-2)9-19-22(34)33(12-16-3-6-18(25)7-4-16)23(31-19)29-13-24(26,27)28/h3-11,14H,12-13H2,1-2H3,(H,29,31)/b19-9-. The van der Waals surface area contributed by atoms with Crippen molar-refractivity contribution in [2.24, 2.45) is 4.99 Å². The predicted molar refractivity (Wildman–Crippen MR) is 121 cm³/mol. The summed E-state index contributed by atoms with van der Waals surface area (Å²) in [4.78, 5) is 21.9. The van der Waals surface area contributed by atoms with Crippen LogP contribution in [0.3, 0.4) is 0 Å². The maximum Gasteiger partial charge on any atom is 0.408 e. The lowest BCUT2D eigenvalue weighted by molar-refractivity contribution is -0.123. The summed E-state index contributed by atoms with van der Waals surface area (Å²) in [5.41, 5.74) is 2.71. The third-order valence-corrected chi connectivity index (χ3v) is 5.14. The zero-order valence-electron chi connectivity index (χ0n) is 18.8. The van der Waals surface area contributed by atoms with Crippen molar-refractivity contribution >= 4 is 17.9 Å². The molecule has 182 valence electrons. The number of halogens is 4. The quantitative estimate of drug-likeness (QED) is 0.418. The molecule has 0 atom stereocenters. The molecule has 0 saturated carbocycles. The van der Waals surface area contributed by atoms with Gasteiger partial charge in [-0.2, -0.15) is 13.2 Å². The highest BCUT2D eigenvalue weighted by Gasteiger charge is 2.34. The summed E-state index contributed by atoms with van der Waals surface area (Å²) < 4.78 is 58.9. The zero-order valence-corrected chi connectivity index (χ0v) is 18.8. The molecule has 1 N–H and O–H groups in total. The fourth-order valence-corrected chi connectivity index (χ4v) is 3.51. The van der Waals surface area contributed by atoms with Crippen LogP contribution in [0.4, 0.5) is 17.6 Å². The van der Waals surface area contributed by atoms with Crippen molar-refractivity contribution in [3.63, 3.8) is 0 Å². The normalized spacial score (nSPS) is 16.3. The monoisotopic (exact) mass is 487 g/mol. The van der Waals surface area contributed by atoms with Gasteiger partial charge in [0.15, 0.2) is 0 Å². The fraction of sp³-hybridized carbons (Fsp3) is 0.208. The predicted octanol–water partition coefficient (Wildman–Crippen LogP) is 4.22. The Morgan fingerprint density at radius 1 is 1.17 bits per heavy atom. The molecule has 1 aromatic heterocycles. The van der Waals surface area contributed by atoms with Gasteiger partial charge < -0.3 is 14.6 Å². The Hall–Kier alpha value is -4.15. The first-order chi connectivity index (χ1) is 16.6. The van der Waals surface area contributed by atoms with E-state index in [0.717, 1.165) is 16.3 Å². The van der Waals surface area contributed by atoms with E-state index in [9.17, 15) is 22.4 Å². The summed E-state index contributed by atoms with van der Waals surface area (Å²) in [5.74, 6) is -0.755. The Bertz CT molecular complexity index is 1300. The highest BCUT2D eigenvalue weighted by molar-refractivity contribution is 6.15. The van der Waals surface area contributed by atoms with E-state index < -0.39 is 24.4 Å². The molecule has 7 nitrogen and oxygen atoms in total. The first kappa shape index (κ1) is 24.0. The average molecular weight is 487 g/mol. The molecular weight excluding hydrogens is 466 g/mol. The van der Waals surface area contributed by atoms with Crippen LogP contribution in [0.25, 0.3) is 11.8 Å². The second-order valence-corrected chi connectivity index (χ2v) is 7.81. The molecule has 1 saturated heterocycles. The van der Waals surface area contributed by atoms with Crippen LogP contribution >= 0.6 is 0 Å². The lowest BCUT2D eigenvalue weighted by Crippen LogP contribution is -2.33. The smallest absolute Gasteiger partial charge is 0.408 e. The minimum Gasteiger partial charge on any atom is -0.495 e. The molecular formula is C24H21F4N5O2. The van der Waals surface area contributed by atoms with E-state index in [0.29, 0.717) is 16.9 Å². The number of carbonyl (C=O) groups excluding carboxylic acids is 1. The van der Waals surface area contributed by atoms with Gasteiger partial charge in [0.1, 0.15) is 23.8 Å². The van der Waals surface area contributed by atoms with Crippen LogP contribution in [0.1, 0.15) is 16.8 Å². The summed E-state index contributed by atoms with van der Waals surface area (Å²) in [6.07, 6.45) is 0.432. The molecule has 0 unspecified atom stereocenters. The molecule has 1 fully saturated rings. The molecule has 0 aliphatic carbocycles. The second kappa shape index (κ2) is 9.61. The van der Waals surface area contributed by atoms with E-state index >= 15 is 0 Å². The number of hydrogen-bond donors (Lipinski definition) is 1. The van der Waals surface area contributed by atoms with Gasteiger partial charge >= 0.3 is 6.18 Å². The minimum absolute atomic E-state index is 0.0429. The number of aliphatic imine (C=N–C) groups is 1. The van der Waals surface area contributed by atoms with E-state index in [1.54, 1.807) is 29.1 Å². The molecule has 2 aromatic carbocycles. The van der Waals surface area contributed by atoms with Crippen molar-refractivity contribution in [3.05, 3.63) is 83.3 Å². The van der Waals surface area contributed by atoms with E-state index in [1.807, 2.05) is 13.1 Å². The van der Waals surface area contributed by atoms with E-state index in [1.165, 1.54) is 37.5 Å². The third-order valence-electron chi connectivity index (χ3n) is 5.14. The van der Waals surface area contributed by atoms with Crippen LogP contribution in [0.2, 0.25) is 0 Å². The van der Waals surface area contributed by atoms with Gasteiger partial charge in [-0.25, -0.2) is 14.4 Å². The lowest BCUT2D eigenvalue weighted by Gasteiger charge is -2.15. The summed E-state index contributed by atoms with van der Waals surface area (Å²) in [5, 5.41) is 2.69. The van der Waals surface area contributed by atoms with Crippen LogP contribution in [-0.4, -0.2) is 46.1 Å². The van der Waals surface area contributed by atoms with Crippen molar-refractivity contribution < 1.29 is 27.1 Å². The molecule has 11 heteroatoms. The number of nitrogens with zero attached hydrogens (tertiary/aromatic N) is 4. The maximum absolute atomic E-state index is 13.2. The van der Waals surface area contributed by atoms with Crippen LogP contribution in [0, 0.1) is 12.7 Å². The number of methoxy groups -OCH3 is 1. The van der Waals surface area contributed by atoms with Crippen molar-refractivity contribution in [2.45, 2.75) is 19.6 Å². The van der Waals surface area contributed by atoms with Crippen LogP contribution in [-0.2, 0) is 11.3 Å². The summed E-state index contributed by atoms with van der Waals surface area (Å²) >= 11 is 0. The van der Waals surface area contributed by atoms with Gasteiger partial charge in [-0.1, -0.05) is 18.2 Å². The maximum atomic E-state index is 13.2.